The van der Waals surface area contributed by atoms with Crippen LogP contribution in [-0.2, 0) is 6.54 Å². The Bertz CT molecular complexity index is 426. The highest BCUT2D eigenvalue weighted by Gasteiger charge is 2.22. The largest absolute Gasteiger partial charge is 0.398 e. The van der Waals surface area contributed by atoms with E-state index in [0.717, 1.165) is 29.5 Å². The van der Waals surface area contributed by atoms with Crippen molar-refractivity contribution in [2.45, 2.75) is 65.5 Å². The molecule has 0 amide bonds. The highest BCUT2D eigenvalue weighted by Crippen LogP contribution is 2.25. The maximum atomic E-state index is 6.12. The van der Waals surface area contributed by atoms with E-state index in [1.54, 1.807) is 0 Å². The van der Waals surface area contributed by atoms with E-state index in [4.69, 9.17) is 5.73 Å². The van der Waals surface area contributed by atoms with E-state index < -0.39 is 0 Å². The van der Waals surface area contributed by atoms with Crippen molar-refractivity contribution in [2.24, 2.45) is 0 Å². The van der Waals surface area contributed by atoms with Crippen LogP contribution in [0.15, 0.2) is 6.20 Å². The van der Waals surface area contributed by atoms with Crippen LogP contribution in [0.3, 0.4) is 0 Å². The van der Waals surface area contributed by atoms with Crippen molar-refractivity contribution >= 4 is 5.69 Å². The van der Waals surface area contributed by atoms with E-state index in [9.17, 15) is 0 Å². The quantitative estimate of drug-likeness (QED) is 0.903. The summed E-state index contributed by atoms with van der Waals surface area (Å²) < 4.78 is 0. The number of aryl methyl sites for hydroxylation is 1. The number of likely N-dealkylation sites (tertiary alicyclic amines) is 1. The lowest BCUT2D eigenvalue weighted by atomic mass is 9.97. The molecule has 1 aromatic rings. The van der Waals surface area contributed by atoms with E-state index in [2.05, 4.69) is 23.7 Å². The van der Waals surface area contributed by atoms with Gasteiger partial charge in [-0.25, -0.2) is 0 Å². The zero-order valence-electron chi connectivity index (χ0n) is 12.6. The third kappa shape index (κ3) is 3.27. The molecule has 1 atom stereocenters. The topological polar surface area (TPSA) is 42.2 Å². The van der Waals surface area contributed by atoms with Crippen LogP contribution in [0.25, 0.3) is 0 Å². The van der Waals surface area contributed by atoms with Crippen molar-refractivity contribution in [3.8, 4) is 0 Å². The first-order valence-electron chi connectivity index (χ1n) is 7.58. The molecule has 0 bridgehead atoms. The van der Waals surface area contributed by atoms with Crippen molar-refractivity contribution < 1.29 is 0 Å². The zero-order valence-corrected chi connectivity index (χ0v) is 12.6. The van der Waals surface area contributed by atoms with Crippen LogP contribution < -0.4 is 5.73 Å². The van der Waals surface area contributed by atoms with Gasteiger partial charge in [-0.15, -0.1) is 0 Å². The van der Waals surface area contributed by atoms with Gasteiger partial charge in [0.2, 0.25) is 0 Å². The number of piperidine rings is 1. The Kier molecular flexibility index (Phi) is 4.81. The summed E-state index contributed by atoms with van der Waals surface area (Å²) in [7, 11) is 0. The standard InChI is InChI=1S/C16H27N3/c1-4-7-14-8-5-6-9-19(14)11-15-13(3)16(17)12(2)10-18-15/h10,14H,4-9,11H2,1-3H3,(H2,17,18). The van der Waals surface area contributed by atoms with E-state index in [-0.39, 0.29) is 0 Å². The molecule has 106 valence electrons. The van der Waals surface area contributed by atoms with E-state index in [1.807, 2.05) is 13.1 Å². The second kappa shape index (κ2) is 6.38. The third-order valence-electron chi connectivity index (χ3n) is 4.40. The van der Waals surface area contributed by atoms with Crippen LogP contribution in [0.5, 0.6) is 0 Å². The number of rotatable bonds is 4. The molecule has 0 radical (unpaired) electrons. The first-order valence-corrected chi connectivity index (χ1v) is 7.58. The summed E-state index contributed by atoms with van der Waals surface area (Å²) in [6, 6.07) is 0.738. The van der Waals surface area contributed by atoms with Crippen LogP contribution in [0, 0.1) is 13.8 Å². The summed E-state index contributed by atoms with van der Waals surface area (Å²) in [5, 5.41) is 0. The number of nitrogens with two attached hydrogens (primary N) is 1. The second-order valence-corrected chi connectivity index (χ2v) is 5.84. The average molecular weight is 261 g/mol. The number of pyridine rings is 1. The minimum absolute atomic E-state index is 0.738. The van der Waals surface area contributed by atoms with Gasteiger partial charge in [-0.2, -0.15) is 0 Å². The Balaban J connectivity index is 2.13. The molecular weight excluding hydrogens is 234 g/mol. The van der Waals surface area contributed by atoms with Crippen LogP contribution in [0.2, 0.25) is 0 Å². The Morgan fingerprint density at radius 2 is 2.16 bits per heavy atom. The molecule has 3 nitrogen and oxygen atoms in total. The van der Waals surface area contributed by atoms with Gasteiger partial charge in [0.1, 0.15) is 0 Å². The minimum atomic E-state index is 0.738. The monoisotopic (exact) mass is 261 g/mol. The van der Waals surface area contributed by atoms with Crippen molar-refractivity contribution in [3.63, 3.8) is 0 Å². The van der Waals surface area contributed by atoms with Crippen molar-refractivity contribution in [3.05, 3.63) is 23.0 Å². The Morgan fingerprint density at radius 3 is 2.89 bits per heavy atom. The average Bonchev–Trinajstić information content (AvgIpc) is 2.42. The highest BCUT2D eigenvalue weighted by molar-refractivity contribution is 5.53. The van der Waals surface area contributed by atoms with Gasteiger partial charge in [0.05, 0.1) is 5.69 Å². The molecule has 19 heavy (non-hydrogen) atoms. The summed E-state index contributed by atoms with van der Waals surface area (Å²) >= 11 is 0. The molecule has 0 spiro atoms. The number of hydrogen-bond acceptors (Lipinski definition) is 3. The molecule has 1 aromatic heterocycles. The summed E-state index contributed by atoms with van der Waals surface area (Å²) in [4.78, 5) is 7.21. The van der Waals surface area contributed by atoms with Crippen LogP contribution in [0.1, 0.15) is 55.8 Å². The molecule has 3 heteroatoms. The fourth-order valence-electron chi connectivity index (χ4n) is 3.07. The SMILES string of the molecule is CCCC1CCCCN1Cc1ncc(C)c(N)c1C. The Morgan fingerprint density at radius 1 is 1.37 bits per heavy atom. The second-order valence-electron chi connectivity index (χ2n) is 5.84. The van der Waals surface area contributed by atoms with Gasteiger partial charge < -0.3 is 5.73 Å². The van der Waals surface area contributed by atoms with E-state index in [0.29, 0.717) is 0 Å². The lowest BCUT2D eigenvalue weighted by molar-refractivity contribution is 0.130. The minimum Gasteiger partial charge on any atom is -0.398 e. The van der Waals surface area contributed by atoms with Gasteiger partial charge in [0, 0.05) is 24.5 Å². The molecule has 2 rings (SSSR count). The Hall–Kier alpha value is -1.09. The van der Waals surface area contributed by atoms with Crippen LogP contribution in [-0.4, -0.2) is 22.5 Å². The fourth-order valence-corrected chi connectivity index (χ4v) is 3.07. The number of nitrogens with zero attached hydrogens (tertiary/aromatic N) is 2. The number of anilines is 1. The smallest absolute Gasteiger partial charge is 0.0593 e. The summed E-state index contributed by atoms with van der Waals surface area (Å²) in [6.07, 6.45) is 8.53. The molecule has 2 N–H and O–H groups in total. The normalized spacial score (nSPS) is 20.7. The van der Waals surface area contributed by atoms with Gasteiger partial charge in [-0.1, -0.05) is 19.8 Å². The lowest BCUT2D eigenvalue weighted by Crippen LogP contribution is -2.39. The molecule has 1 aliphatic heterocycles. The predicted octanol–water partition coefficient (Wildman–Crippen LogP) is 3.44. The number of hydrogen-bond donors (Lipinski definition) is 1. The van der Waals surface area contributed by atoms with Gasteiger partial charge in [0.15, 0.2) is 0 Å². The van der Waals surface area contributed by atoms with Gasteiger partial charge in [-0.05, 0) is 50.8 Å². The predicted molar refractivity (Wildman–Crippen MR) is 81.1 cm³/mol. The van der Waals surface area contributed by atoms with E-state index in [1.165, 1.54) is 44.2 Å². The molecule has 1 saturated heterocycles. The molecule has 2 heterocycles. The summed E-state index contributed by atoms with van der Waals surface area (Å²) in [6.45, 7) is 8.57. The Labute approximate surface area is 117 Å². The molecule has 0 aromatic carbocycles. The van der Waals surface area contributed by atoms with Crippen molar-refractivity contribution in [1.82, 2.24) is 9.88 Å². The molecule has 0 saturated carbocycles. The summed E-state index contributed by atoms with van der Waals surface area (Å²) in [5.74, 6) is 0. The maximum Gasteiger partial charge on any atom is 0.0593 e. The van der Waals surface area contributed by atoms with Gasteiger partial charge in [0.25, 0.3) is 0 Å². The van der Waals surface area contributed by atoms with Gasteiger partial charge in [-0.3, -0.25) is 9.88 Å². The first-order chi connectivity index (χ1) is 9.13. The zero-order chi connectivity index (χ0) is 13.8. The molecule has 1 fully saturated rings. The number of nitrogen functional groups attached to an aromatic ring is 1. The van der Waals surface area contributed by atoms with E-state index >= 15 is 0 Å². The maximum absolute atomic E-state index is 6.12. The third-order valence-corrected chi connectivity index (χ3v) is 4.40. The summed E-state index contributed by atoms with van der Waals surface area (Å²) in [5.41, 5.74) is 10.4. The fraction of sp³-hybridized carbons (Fsp3) is 0.688. The molecule has 1 unspecified atom stereocenters. The van der Waals surface area contributed by atoms with Gasteiger partial charge >= 0.3 is 0 Å². The lowest BCUT2D eigenvalue weighted by Gasteiger charge is -2.35. The van der Waals surface area contributed by atoms with Crippen molar-refractivity contribution in [2.75, 3.05) is 12.3 Å². The molecule has 0 aliphatic carbocycles. The molecular formula is C16H27N3. The number of aromatic nitrogens is 1. The molecule has 1 aliphatic rings. The van der Waals surface area contributed by atoms with Crippen LogP contribution in [0.4, 0.5) is 5.69 Å². The highest BCUT2D eigenvalue weighted by atomic mass is 15.2. The van der Waals surface area contributed by atoms with Crippen molar-refractivity contribution in [1.29, 1.82) is 0 Å². The van der Waals surface area contributed by atoms with Crippen LogP contribution >= 0.6 is 0 Å². The first kappa shape index (κ1) is 14.3.